The molecule has 0 aromatic heterocycles. The Morgan fingerprint density at radius 1 is 1.13 bits per heavy atom. The molecule has 208 valence electrons. The molecule has 4 atom stereocenters. The Morgan fingerprint density at radius 3 is 2.31 bits per heavy atom. The van der Waals surface area contributed by atoms with Gasteiger partial charge in [0.05, 0.1) is 23.7 Å². The molecule has 0 spiro atoms. The van der Waals surface area contributed by atoms with E-state index in [2.05, 4.69) is 11.8 Å². The molecule has 1 fully saturated rings. The van der Waals surface area contributed by atoms with Crippen LogP contribution in [0, 0.1) is 23.7 Å². The SMILES string of the molecule is CN(C)CC#Cc1cc(N(C)C)c2c(c1O)C(O)=C1C(=O)C3(O)C(O)=C(C(N)=O)C(=O)C(N(C)C)C3CC1C2. The number of rotatable bonds is 4. The molecule has 0 saturated heterocycles. The molecule has 6 N–H and O–H groups in total. The molecule has 11 nitrogen and oxygen atoms in total. The average Bonchev–Trinajstić information content (AvgIpc) is 2.81. The molecule has 1 saturated carbocycles. The van der Waals surface area contributed by atoms with Gasteiger partial charge in [-0.15, -0.1) is 0 Å². The number of nitrogens with zero attached hydrogens (tertiary/aromatic N) is 3. The fraction of sp³-hybridized carbons (Fsp3) is 0.464. The Bertz CT molecular complexity index is 1410. The fourth-order valence-corrected chi connectivity index (χ4v) is 6.08. The van der Waals surface area contributed by atoms with Crippen LogP contribution in [-0.2, 0) is 20.8 Å². The van der Waals surface area contributed by atoms with Gasteiger partial charge in [-0.25, -0.2) is 0 Å². The summed E-state index contributed by atoms with van der Waals surface area (Å²) in [6.45, 7) is 0.426. The topological polar surface area (TPSA) is 168 Å². The summed E-state index contributed by atoms with van der Waals surface area (Å²) in [5, 5.41) is 45.4. The lowest BCUT2D eigenvalue weighted by Crippen LogP contribution is -2.65. The van der Waals surface area contributed by atoms with Gasteiger partial charge < -0.3 is 31.1 Å². The molecule has 4 rings (SSSR count). The van der Waals surface area contributed by atoms with Crippen LogP contribution in [0.3, 0.4) is 0 Å². The van der Waals surface area contributed by atoms with Crippen LogP contribution < -0.4 is 10.6 Å². The monoisotopic (exact) mass is 538 g/mol. The second kappa shape index (κ2) is 9.72. The van der Waals surface area contributed by atoms with Crippen LogP contribution in [0.5, 0.6) is 5.75 Å². The summed E-state index contributed by atoms with van der Waals surface area (Å²) in [5.41, 5.74) is 3.19. The number of phenolic OH excluding ortho intramolecular Hbond substituents is 1. The van der Waals surface area contributed by atoms with Crippen molar-refractivity contribution < 1.29 is 34.8 Å². The number of aliphatic hydroxyl groups excluding tert-OH is 2. The first-order valence-electron chi connectivity index (χ1n) is 12.5. The maximum absolute atomic E-state index is 14.0. The van der Waals surface area contributed by atoms with Gasteiger partial charge in [-0.1, -0.05) is 11.8 Å². The van der Waals surface area contributed by atoms with E-state index in [1.54, 1.807) is 34.3 Å². The number of likely N-dealkylation sites (N-methyl/N-ethyl adjacent to an activating group) is 1. The minimum Gasteiger partial charge on any atom is -0.508 e. The predicted octanol–water partition coefficient (Wildman–Crippen LogP) is -0.0569. The molecule has 1 aromatic rings. The molecule has 1 aromatic carbocycles. The van der Waals surface area contributed by atoms with Gasteiger partial charge in [0.25, 0.3) is 5.91 Å². The highest BCUT2D eigenvalue weighted by molar-refractivity contribution is 6.24. The number of nitrogens with two attached hydrogens (primary N) is 1. The Labute approximate surface area is 226 Å². The number of hydrogen-bond acceptors (Lipinski definition) is 10. The largest absolute Gasteiger partial charge is 0.508 e. The minimum absolute atomic E-state index is 0.0200. The number of Topliss-reactive ketones (excluding diaryl/α,β-unsaturated/α-hetero) is 2. The summed E-state index contributed by atoms with van der Waals surface area (Å²) < 4.78 is 0. The molecule has 0 bridgehead atoms. The van der Waals surface area contributed by atoms with Crippen molar-refractivity contribution in [3.05, 3.63) is 39.7 Å². The van der Waals surface area contributed by atoms with Crippen LogP contribution in [0.25, 0.3) is 5.76 Å². The van der Waals surface area contributed by atoms with Crippen molar-refractivity contribution >= 4 is 28.9 Å². The van der Waals surface area contributed by atoms with E-state index in [1.807, 2.05) is 23.9 Å². The Balaban J connectivity index is 1.98. The maximum Gasteiger partial charge on any atom is 0.255 e. The van der Waals surface area contributed by atoms with Gasteiger partial charge in [-0.05, 0) is 58.6 Å². The lowest BCUT2D eigenvalue weighted by atomic mass is 9.57. The van der Waals surface area contributed by atoms with Gasteiger partial charge in [0.2, 0.25) is 5.78 Å². The van der Waals surface area contributed by atoms with Crippen molar-refractivity contribution in [1.82, 2.24) is 9.80 Å². The molecule has 1 amide bonds. The van der Waals surface area contributed by atoms with Crippen molar-refractivity contribution in [1.29, 1.82) is 0 Å². The smallest absolute Gasteiger partial charge is 0.255 e. The molecular weight excluding hydrogens is 504 g/mol. The number of amides is 1. The summed E-state index contributed by atoms with van der Waals surface area (Å²) in [7, 11) is 10.4. The van der Waals surface area contributed by atoms with Crippen LogP contribution >= 0.6 is 0 Å². The predicted molar refractivity (Wildman–Crippen MR) is 144 cm³/mol. The van der Waals surface area contributed by atoms with Gasteiger partial charge >= 0.3 is 0 Å². The molecule has 0 heterocycles. The zero-order chi connectivity index (χ0) is 29.1. The van der Waals surface area contributed by atoms with E-state index in [1.165, 1.54) is 4.90 Å². The summed E-state index contributed by atoms with van der Waals surface area (Å²) in [6, 6.07) is 0.592. The van der Waals surface area contributed by atoms with E-state index in [9.17, 15) is 34.8 Å². The third-order valence-electron chi connectivity index (χ3n) is 7.80. The van der Waals surface area contributed by atoms with Crippen molar-refractivity contribution in [2.75, 3.05) is 53.7 Å². The molecule has 39 heavy (non-hydrogen) atoms. The average molecular weight is 539 g/mol. The first-order valence-corrected chi connectivity index (χ1v) is 12.5. The summed E-state index contributed by atoms with van der Waals surface area (Å²) in [4.78, 5) is 44.4. The number of benzene rings is 1. The molecular formula is C28H34N4O7. The van der Waals surface area contributed by atoms with Crippen molar-refractivity contribution in [2.45, 2.75) is 24.5 Å². The number of ketones is 2. The number of phenols is 1. The lowest BCUT2D eigenvalue weighted by Gasteiger charge is -2.50. The number of carbonyl (C=O) groups excluding carboxylic acids is 3. The van der Waals surface area contributed by atoms with Gasteiger partial charge in [0.1, 0.15) is 22.8 Å². The molecule has 0 aliphatic heterocycles. The van der Waals surface area contributed by atoms with Gasteiger partial charge in [-0.3, -0.25) is 24.2 Å². The molecule has 3 aliphatic carbocycles. The number of hydrogen-bond donors (Lipinski definition) is 5. The van der Waals surface area contributed by atoms with Crippen LogP contribution in [0.15, 0.2) is 23.0 Å². The zero-order valence-electron chi connectivity index (χ0n) is 22.9. The molecule has 11 heteroatoms. The second-order valence-electron chi connectivity index (χ2n) is 11.0. The highest BCUT2D eigenvalue weighted by atomic mass is 16.3. The second-order valence-corrected chi connectivity index (χ2v) is 11.0. The third-order valence-corrected chi connectivity index (χ3v) is 7.80. The number of carbonyl (C=O) groups is 3. The number of anilines is 1. The number of primary amides is 1. The highest BCUT2D eigenvalue weighted by Crippen LogP contribution is 2.54. The standard InChI is InChI=1S/C28H34N4O7/c1-30(2)9-7-8-13-12-17(31(3)4)15-10-14-11-16-21(32(5)6)24(35)20(27(29)38)26(37)28(16,39)25(36)18(14)23(34)19(15)22(13)33/h12,14,16,21,33-34,37,39H,9-11H2,1-6H3,(H2,29,38). The summed E-state index contributed by atoms with van der Waals surface area (Å²) in [6.07, 6.45) is 0.241. The van der Waals surface area contributed by atoms with E-state index in [4.69, 9.17) is 5.73 Å². The van der Waals surface area contributed by atoms with Crippen molar-refractivity contribution in [3.8, 4) is 17.6 Å². The highest BCUT2D eigenvalue weighted by Gasteiger charge is 2.64. The van der Waals surface area contributed by atoms with E-state index in [0.717, 1.165) is 0 Å². The first-order chi connectivity index (χ1) is 18.1. The Hall–Kier alpha value is -3.85. The van der Waals surface area contributed by atoms with E-state index in [-0.39, 0.29) is 35.3 Å². The first kappa shape index (κ1) is 28.2. The van der Waals surface area contributed by atoms with Crippen LogP contribution in [-0.4, -0.2) is 108 Å². The number of aliphatic hydroxyl groups is 3. The van der Waals surface area contributed by atoms with Crippen molar-refractivity contribution in [2.24, 2.45) is 17.6 Å². The lowest BCUT2D eigenvalue weighted by molar-refractivity contribution is -0.153. The number of fused-ring (bicyclic) bond motifs is 3. The number of aromatic hydroxyl groups is 1. The summed E-state index contributed by atoms with van der Waals surface area (Å²) in [5.74, 6) is -0.954. The molecule has 0 radical (unpaired) electrons. The minimum atomic E-state index is -2.67. The molecule has 3 aliphatic rings. The Kier molecular flexibility index (Phi) is 7.02. The van der Waals surface area contributed by atoms with Crippen LogP contribution in [0.4, 0.5) is 5.69 Å². The van der Waals surface area contributed by atoms with E-state index < -0.39 is 58.0 Å². The van der Waals surface area contributed by atoms with E-state index in [0.29, 0.717) is 17.8 Å². The summed E-state index contributed by atoms with van der Waals surface area (Å²) >= 11 is 0. The van der Waals surface area contributed by atoms with Gasteiger partial charge in [0, 0.05) is 31.3 Å². The van der Waals surface area contributed by atoms with Crippen LogP contribution in [0.2, 0.25) is 0 Å². The van der Waals surface area contributed by atoms with Crippen LogP contribution in [0.1, 0.15) is 23.1 Å². The normalized spacial score (nSPS) is 26.2. The van der Waals surface area contributed by atoms with Gasteiger partial charge in [-0.2, -0.15) is 0 Å². The molecule has 4 unspecified atom stereocenters. The fourth-order valence-electron chi connectivity index (χ4n) is 6.08. The maximum atomic E-state index is 14.0. The quantitative estimate of drug-likeness (QED) is 0.259. The third kappa shape index (κ3) is 4.16. The van der Waals surface area contributed by atoms with E-state index >= 15 is 0 Å². The Morgan fingerprint density at radius 2 is 1.77 bits per heavy atom. The zero-order valence-corrected chi connectivity index (χ0v) is 22.9. The van der Waals surface area contributed by atoms with Crippen molar-refractivity contribution in [3.63, 3.8) is 0 Å². The van der Waals surface area contributed by atoms with Gasteiger partial charge in [0.15, 0.2) is 11.4 Å².